The van der Waals surface area contributed by atoms with Crippen LogP contribution in [0.4, 0.5) is 17.6 Å². The monoisotopic (exact) mass is 577 g/mol. The van der Waals surface area contributed by atoms with Gasteiger partial charge in [0.05, 0.1) is 17.4 Å². The zero-order valence-electron chi connectivity index (χ0n) is 25.0. The number of carbonyl (C=O) groups excluding carboxylic acids is 1. The van der Waals surface area contributed by atoms with E-state index in [1.54, 1.807) is 6.08 Å². The largest absolute Gasteiger partial charge is 0.354 e. The van der Waals surface area contributed by atoms with Crippen molar-refractivity contribution in [3.63, 3.8) is 0 Å². The minimum Gasteiger partial charge on any atom is -0.354 e. The van der Waals surface area contributed by atoms with Crippen molar-refractivity contribution in [3.8, 4) is 5.69 Å². The number of fused-ring (bicyclic) bond motifs is 2. The molecule has 10 heteroatoms. The van der Waals surface area contributed by atoms with Gasteiger partial charge in [-0.25, -0.2) is 0 Å². The summed E-state index contributed by atoms with van der Waals surface area (Å²) in [5.41, 5.74) is 5.91. The van der Waals surface area contributed by atoms with E-state index in [0.29, 0.717) is 24.4 Å². The minimum absolute atomic E-state index is 0.140. The molecule has 0 saturated carbocycles. The number of anilines is 3. The van der Waals surface area contributed by atoms with E-state index in [-0.39, 0.29) is 11.8 Å². The van der Waals surface area contributed by atoms with E-state index in [0.717, 1.165) is 71.5 Å². The Balaban J connectivity index is 1.27. The summed E-state index contributed by atoms with van der Waals surface area (Å²) in [5.74, 6) is 2.03. The van der Waals surface area contributed by atoms with Gasteiger partial charge in [0, 0.05) is 35.9 Å². The number of nitrogens with zero attached hydrogens (tertiary/aromatic N) is 5. The molecule has 43 heavy (non-hydrogen) atoms. The Morgan fingerprint density at radius 2 is 1.93 bits per heavy atom. The molecular weight excluding hydrogens is 538 g/mol. The van der Waals surface area contributed by atoms with E-state index in [1.165, 1.54) is 6.08 Å². The maximum atomic E-state index is 12.0. The molecule has 0 bridgehead atoms. The molecule has 6 rings (SSSR count). The summed E-state index contributed by atoms with van der Waals surface area (Å²) in [7, 11) is 0. The van der Waals surface area contributed by atoms with Crippen LogP contribution in [-0.4, -0.2) is 49.7 Å². The van der Waals surface area contributed by atoms with Crippen molar-refractivity contribution in [1.29, 1.82) is 0 Å². The lowest BCUT2D eigenvalue weighted by molar-refractivity contribution is -0.111. The first-order valence-electron chi connectivity index (χ1n) is 15.1. The van der Waals surface area contributed by atoms with Crippen LogP contribution in [-0.2, 0) is 11.3 Å². The van der Waals surface area contributed by atoms with Crippen LogP contribution in [0.25, 0.3) is 22.2 Å². The second-order valence-electron chi connectivity index (χ2n) is 11.4. The summed E-state index contributed by atoms with van der Waals surface area (Å²) in [4.78, 5) is 21.8. The highest BCUT2D eigenvalue weighted by Crippen LogP contribution is 2.27. The Bertz CT molecular complexity index is 1760. The molecule has 0 aliphatic carbocycles. The van der Waals surface area contributed by atoms with Gasteiger partial charge in [0.1, 0.15) is 0 Å². The van der Waals surface area contributed by atoms with Crippen LogP contribution in [0.2, 0.25) is 0 Å². The highest BCUT2D eigenvalue weighted by atomic mass is 16.1. The number of piperidine rings is 1. The highest BCUT2D eigenvalue weighted by Gasteiger charge is 2.18. The summed E-state index contributed by atoms with van der Waals surface area (Å²) in [6, 6.07) is 16.4. The number of amides is 1. The first-order valence-corrected chi connectivity index (χ1v) is 15.1. The van der Waals surface area contributed by atoms with Crippen molar-refractivity contribution in [3.05, 3.63) is 84.2 Å². The topological polar surface area (TPSA) is 113 Å². The lowest BCUT2D eigenvalue weighted by Crippen LogP contribution is -2.31. The van der Waals surface area contributed by atoms with Gasteiger partial charge in [0.15, 0.2) is 5.65 Å². The zero-order chi connectivity index (χ0) is 29.8. The fourth-order valence-corrected chi connectivity index (χ4v) is 5.65. The van der Waals surface area contributed by atoms with Gasteiger partial charge >= 0.3 is 0 Å². The molecule has 222 valence electrons. The normalized spacial score (nSPS) is 14.2. The fraction of sp³-hybridized carbons (Fsp3) is 0.333. The molecule has 1 aliphatic heterocycles. The molecule has 1 saturated heterocycles. The summed E-state index contributed by atoms with van der Waals surface area (Å²) >= 11 is 0. The average Bonchev–Trinajstić information content (AvgIpc) is 3.64. The molecule has 0 unspecified atom stereocenters. The van der Waals surface area contributed by atoms with E-state index in [1.807, 2.05) is 48.0 Å². The molecule has 1 amide bonds. The van der Waals surface area contributed by atoms with Gasteiger partial charge in [-0.2, -0.15) is 19.6 Å². The smallest absolute Gasteiger partial charge is 0.248 e. The number of rotatable bonds is 10. The number of benzene rings is 2. The standard InChI is InChI=1S/C33H39N9O/c1-4-7-30(43)38-26-10-11-29-24(18-26)14-17-41(29)28-9-6-5-8-25(28)20-36-33-40-32(35-19-23-12-15-34-16-13-23)39-31-27(22(2)3)21-37-42(31)33/h4-11,14,17-18,21-23,34H,12-13,15-16,19-20H2,1-3H3,(H,38,43)(H2,35,36,39,40)/b7-4+. The number of hydrogen-bond donors (Lipinski definition) is 4. The number of aromatic nitrogens is 5. The lowest BCUT2D eigenvalue weighted by atomic mass is 9.98. The van der Waals surface area contributed by atoms with Gasteiger partial charge in [0.2, 0.25) is 17.8 Å². The van der Waals surface area contributed by atoms with E-state index in [9.17, 15) is 4.79 Å². The van der Waals surface area contributed by atoms with Gasteiger partial charge in [-0.15, -0.1) is 0 Å². The number of carbonyl (C=O) groups is 1. The van der Waals surface area contributed by atoms with Gasteiger partial charge in [0.25, 0.3) is 0 Å². The molecule has 4 N–H and O–H groups in total. The average molecular weight is 578 g/mol. The van der Waals surface area contributed by atoms with Crippen molar-refractivity contribution in [2.45, 2.75) is 46.1 Å². The van der Waals surface area contributed by atoms with E-state index >= 15 is 0 Å². The third-order valence-corrected chi connectivity index (χ3v) is 7.99. The molecule has 5 aromatic rings. The Kier molecular flexibility index (Phi) is 8.37. The second kappa shape index (κ2) is 12.7. The first-order chi connectivity index (χ1) is 21.0. The molecule has 0 atom stereocenters. The number of allylic oxidation sites excluding steroid dienone is 1. The number of hydrogen-bond acceptors (Lipinski definition) is 7. The SMILES string of the molecule is C/C=C/C(=O)Nc1ccc2c(ccn2-c2ccccc2CNc2nc(NCC3CCNCC3)nc3c(C(C)C)cnn23)c1. The lowest BCUT2D eigenvalue weighted by Gasteiger charge is -2.22. The van der Waals surface area contributed by atoms with Gasteiger partial charge < -0.3 is 25.8 Å². The third-order valence-electron chi connectivity index (χ3n) is 7.99. The van der Waals surface area contributed by atoms with Crippen molar-refractivity contribution >= 4 is 40.0 Å². The maximum Gasteiger partial charge on any atom is 0.248 e. The summed E-state index contributed by atoms with van der Waals surface area (Å²) in [6.45, 7) is 9.66. The Morgan fingerprint density at radius 1 is 1.09 bits per heavy atom. The predicted octanol–water partition coefficient (Wildman–Crippen LogP) is 5.73. The van der Waals surface area contributed by atoms with Crippen LogP contribution in [0.3, 0.4) is 0 Å². The Morgan fingerprint density at radius 3 is 2.74 bits per heavy atom. The van der Waals surface area contributed by atoms with Crippen molar-refractivity contribution in [2.24, 2.45) is 5.92 Å². The molecule has 1 fully saturated rings. The fourth-order valence-electron chi connectivity index (χ4n) is 5.65. The van der Waals surface area contributed by atoms with Crippen molar-refractivity contribution < 1.29 is 4.79 Å². The molecular formula is C33H39N9O. The predicted molar refractivity (Wildman–Crippen MR) is 173 cm³/mol. The molecule has 2 aromatic carbocycles. The number of para-hydroxylation sites is 1. The zero-order valence-corrected chi connectivity index (χ0v) is 25.0. The van der Waals surface area contributed by atoms with Gasteiger partial charge in [-0.3, -0.25) is 4.79 Å². The van der Waals surface area contributed by atoms with Crippen LogP contribution >= 0.6 is 0 Å². The highest BCUT2D eigenvalue weighted by molar-refractivity contribution is 6.00. The first kappa shape index (κ1) is 28.4. The Hall–Kier alpha value is -4.70. The van der Waals surface area contributed by atoms with Crippen LogP contribution in [0, 0.1) is 5.92 Å². The molecule has 4 heterocycles. The van der Waals surface area contributed by atoms with Crippen LogP contribution < -0.4 is 21.3 Å². The summed E-state index contributed by atoms with van der Waals surface area (Å²) < 4.78 is 3.98. The summed E-state index contributed by atoms with van der Waals surface area (Å²) in [6.07, 6.45) is 9.51. The van der Waals surface area contributed by atoms with Crippen LogP contribution in [0.1, 0.15) is 50.7 Å². The second-order valence-corrected chi connectivity index (χ2v) is 11.4. The molecule has 1 aliphatic rings. The number of nitrogens with one attached hydrogen (secondary N) is 4. The van der Waals surface area contributed by atoms with Crippen LogP contribution in [0.5, 0.6) is 0 Å². The minimum atomic E-state index is -0.140. The molecule has 0 spiro atoms. The van der Waals surface area contributed by atoms with E-state index < -0.39 is 0 Å². The molecule has 0 radical (unpaired) electrons. The molecule has 3 aromatic heterocycles. The quantitative estimate of drug-likeness (QED) is 0.157. The summed E-state index contributed by atoms with van der Waals surface area (Å²) in [5, 5.41) is 19.1. The third kappa shape index (κ3) is 6.24. The van der Waals surface area contributed by atoms with Crippen molar-refractivity contribution in [2.75, 3.05) is 35.6 Å². The Labute approximate surface area is 251 Å². The van der Waals surface area contributed by atoms with E-state index in [2.05, 4.69) is 69.2 Å². The van der Waals surface area contributed by atoms with Gasteiger partial charge in [-0.05, 0) is 86.7 Å². The van der Waals surface area contributed by atoms with Crippen LogP contribution in [0.15, 0.2) is 73.1 Å². The van der Waals surface area contributed by atoms with Gasteiger partial charge in [-0.1, -0.05) is 38.1 Å². The maximum absolute atomic E-state index is 12.0. The van der Waals surface area contributed by atoms with E-state index in [4.69, 9.17) is 9.97 Å². The molecule has 10 nitrogen and oxygen atoms in total. The van der Waals surface area contributed by atoms with Crippen molar-refractivity contribution in [1.82, 2.24) is 29.5 Å².